The highest BCUT2D eigenvalue weighted by Gasteiger charge is 2.31. The number of halogens is 1. The molecule has 0 aliphatic carbocycles. The van der Waals surface area contributed by atoms with Gasteiger partial charge in [-0.05, 0) is 5.56 Å². The molecule has 1 aromatic carbocycles. The third-order valence-electron chi connectivity index (χ3n) is 1.94. The van der Waals surface area contributed by atoms with Crippen molar-refractivity contribution in [3.8, 4) is 0 Å². The monoisotopic (exact) mass is 190 g/mol. The first kappa shape index (κ1) is 8.62. The highest BCUT2D eigenvalue weighted by atomic mass is 18.2. The normalized spacial score (nSPS) is 16.1. The molecule has 1 heterocycles. The van der Waals surface area contributed by atoms with Gasteiger partial charge in [0.2, 0.25) is 5.83 Å². The minimum absolute atomic E-state index is 0.185. The van der Waals surface area contributed by atoms with Crippen LogP contribution in [0.4, 0.5) is 4.39 Å². The van der Waals surface area contributed by atoms with E-state index in [1.54, 1.807) is 30.3 Å². The highest BCUT2D eigenvalue weighted by Crippen LogP contribution is 2.24. The molecule has 0 spiro atoms. The fourth-order valence-corrected chi connectivity index (χ4v) is 1.30. The Morgan fingerprint density at radius 3 is 2.14 bits per heavy atom. The summed E-state index contributed by atoms with van der Waals surface area (Å²) in [6.45, 7) is 0. The number of rotatable bonds is 1. The molecule has 0 aromatic heterocycles. The number of amides is 2. The van der Waals surface area contributed by atoms with Crippen LogP contribution in [0.3, 0.4) is 0 Å². The van der Waals surface area contributed by atoms with Gasteiger partial charge >= 0.3 is 0 Å². The summed E-state index contributed by atoms with van der Waals surface area (Å²) in [5.41, 5.74) is 0.226. The summed E-state index contributed by atoms with van der Waals surface area (Å²) in [6.07, 6.45) is 0. The Morgan fingerprint density at radius 2 is 1.64 bits per heavy atom. The Kier molecular flexibility index (Phi) is 1.89. The smallest absolute Gasteiger partial charge is 0.286 e. The van der Waals surface area contributed by atoms with Crippen LogP contribution in [-0.4, -0.2) is 11.8 Å². The Balaban J connectivity index is 2.54. The van der Waals surface area contributed by atoms with Crippen molar-refractivity contribution in [2.24, 2.45) is 0 Å². The van der Waals surface area contributed by atoms with Gasteiger partial charge < -0.3 is 0 Å². The molecule has 0 fully saturated rings. The average molecular weight is 190 g/mol. The standard InChI is InChI=1S/C10H6FNO2/c11-8-7(9(13)12-10(8)14)6-4-2-1-3-5-6/h1-5H,(H,12,13,14)/i11-1. The van der Waals surface area contributed by atoms with E-state index >= 15 is 0 Å². The number of benzene rings is 1. The van der Waals surface area contributed by atoms with Gasteiger partial charge in [-0.15, -0.1) is 0 Å². The topological polar surface area (TPSA) is 46.2 Å². The van der Waals surface area contributed by atoms with E-state index in [9.17, 15) is 14.0 Å². The molecule has 0 radical (unpaired) electrons. The predicted molar refractivity (Wildman–Crippen MR) is 47.6 cm³/mol. The second kappa shape index (κ2) is 3.06. The maximum atomic E-state index is 13.2. The van der Waals surface area contributed by atoms with E-state index in [1.165, 1.54) is 0 Å². The van der Waals surface area contributed by atoms with Crippen molar-refractivity contribution in [2.75, 3.05) is 0 Å². The molecule has 0 saturated carbocycles. The van der Waals surface area contributed by atoms with Crippen molar-refractivity contribution < 1.29 is 14.0 Å². The second-order valence-electron chi connectivity index (χ2n) is 2.84. The van der Waals surface area contributed by atoms with Crippen molar-refractivity contribution in [1.82, 2.24) is 5.32 Å². The lowest BCUT2D eigenvalue weighted by molar-refractivity contribution is -0.124. The van der Waals surface area contributed by atoms with Gasteiger partial charge in [0.15, 0.2) is 0 Å². The fourth-order valence-electron chi connectivity index (χ4n) is 1.30. The minimum atomic E-state index is -1.01. The summed E-state index contributed by atoms with van der Waals surface area (Å²) in [6, 6.07) is 8.24. The lowest BCUT2D eigenvalue weighted by Gasteiger charge is -1.97. The molecule has 0 saturated heterocycles. The van der Waals surface area contributed by atoms with Crippen LogP contribution in [0.25, 0.3) is 5.57 Å². The second-order valence-corrected chi connectivity index (χ2v) is 2.84. The number of hydrogen-bond acceptors (Lipinski definition) is 2. The van der Waals surface area contributed by atoms with Crippen LogP contribution in [0.15, 0.2) is 36.2 Å². The average Bonchev–Trinajstić information content (AvgIpc) is 2.43. The zero-order valence-corrected chi connectivity index (χ0v) is 7.08. The van der Waals surface area contributed by atoms with Gasteiger partial charge in [-0.3, -0.25) is 14.9 Å². The van der Waals surface area contributed by atoms with Crippen LogP contribution >= 0.6 is 0 Å². The predicted octanol–water partition coefficient (Wildman–Crippen LogP) is 1.02. The summed E-state index contributed by atoms with van der Waals surface area (Å²) < 4.78 is 13.2. The van der Waals surface area contributed by atoms with E-state index in [-0.39, 0.29) is 5.57 Å². The highest BCUT2D eigenvalue weighted by molar-refractivity contribution is 6.35. The third kappa shape index (κ3) is 1.21. The largest absolute Gasteiger partial charge is 0.287 e. The molecule has 1 N–H and O–H groups in total. The van der Waals surface area contributed by atoms with Gasteiger partial charge in [-0.1, -0.05) is 30.3 Å². The number of hydrogen-bond donors (Lipinski definition) is 1. The van der Waals surface area contributed by atoms with Gasteiger partial charge in [0, 0.05) is 0 Å². The molecule has 1 aliphatic rings. The number of carbonyl (C=O) groups excluding carboxylic acids is 2. The van der Waals surface area contributed by atoms with Crippen molar-refractivity contribution in [2.45, 2.75) is 0 Å². The van der Waals surface area contributed by atoms with E-state index in [1.807, 2.05) is 5.32 Å². The first-order chi connectivity index (χ1) is 6.70. The van der Waals surface area contributed by atoms with Gasteiger partial charge in [0.25, 0.3) is 11.8 Å². The van der Waals surface area contributed by atoms with Crippen LogP contribution in [0.1, 0.15) is 5.56 Å². The molecule has 70 valence electrons. The van der Waals surface area contributed by atoms with Gasteiger partial charge in [-0.25, -0.2) is 0 Å². The molecule has 2 amide bonds. The Morgan fingerprint density at radius 1 is 1.00 bits per heavy atom. The maximum Gasteiger partial charge on any atom is 0.287 e. The summed E-state index contributed by atoms with van der Waals surface area (Å²) in [5, 5.41) is 1.89. The van der Waals surface area contributed by atoms with Gasteiger partial charge in [-0.2, -0.15) is 4.39 Å². The van der Waals surface area contributed by atoms with E-state index in [4.69, 9.17) is 0 Å². The molecule has 1 aliphatic heterocycles. The van der Waals surface area contributed by atoms with Gasteiger partial charge in [0.1, 0.15) is 0 Å². The molecule has 0 unspecified atom stereocenters. The first-order valence-corrected chi connectivity index (χ1v) is 4.01. The van der Waals surface area contributed by atoms with Crippen molar-refractivity contribution in [3.63, 3.8) is 0 Å². The molecular formula is C10H6FNO2. The molecule has 1 aromatic rings. The Bertz CT molecular complexity index is 437. The van der Waals surface area contributed by atoms with Crippen molar-refractivity contribution in [3.05, 3.63) is 41.7 Å². The Hall–Kier alpha value is -1.97. The van der Waals surface area contributed by atoms with Crippen LogP contribution in [-0.2, 0) is 9.59 Å². The third-order valence-corrected chi connectivity index (χ3v) is 1.94. The number of imide groups is 1. The fraction of sp³-hybridized carbons (Fsp3) is 0. The number of nitrogens with one attached hydrogen (secondary N) is 1. The van der Waals surface area contributed by atoms with Crippen molar-refractivity contribution in [1.29, 1.82) is 0 Å². The molecule has 0 bridgehead atoms. The minimum Gasteiger partial charge on any atom is -0.286 e. The van der Waals surface area contributed by atoms with E-state index in [2.05, 4.69) is 0 Å². The molecule has 4 heteroatoms. The summed E-state index contributed by atoms with van der Waals surface area (Å²) in [4.78, 5) is 22.0. The van der Waals surface area contributed by atoms with Gasteiger partial charge in [0.05, 0.1) is 5.57 Å². The maximum absolute atomic E-state index is 13.2. The zero-order chi connectivity index (χ0) is 10.1. The van der Waals surface area contributed by atoms with Crippen LogP contribution in [0.5, 0.6) is 0 Å². The summed E-state index contributed by atoms with van der Waals surface area (Å²) in [7, 11) is 0. The van der Waals surface area contributed by atoms with Crippen LogP contribution in [0, 0.1) is 0 Å². The van der Waals surface area contributed by atoms with Crippen molar-refractivity contribution >= 4 is 17.4 Å². The van der Waals surface area contributed by atoms with E-state index in [0.717, 1.165) is 0 Å². The van der Waals surface area contributed by atoms with Crippen LogP contribution in [0.2, 0.25) is 0 Å². The van der Waals surface area contributed by atoms with E-state index < -0.39 is 17.6 Å². The molecule has 0 atom stereocenters. The molecular weight excluding hydrogens is 184 g/mol. The molecule has 3 nitrogen and oxygen atoms in total. The molecule has 14 heavy (non-hydrogen) atoms. The first-order valence-electron chi connectivity index (χ1n) is 4.01. The van der Waals surface area contributed by atoms with Crippen LogP contribution < -0.4 is 5.32 Å². The zero-order valence-electron chi connectivity index (χ0n) is 7.08. The number of carbonyl (C=O) groups is 2. The Labute approximate surface area is 79.2 Å². The lowest BCUT2D eigenvalue weighted by Crippen LogP contribution is -2.22. The quantitative estimate of drug-likeness (QED) is 0.672. The van der Waals surface area contributed by atoms with E-state index in [0.29, 0.717) is 5.56 Å². The summed E-state index contributed by atoms with van der Waals surface area (Å²) >= 11 is 0. The molecule has 2 rings (SSSR count). The SMILES string of the molecule is O=C1NC(=O)C(c2ccccc2)=C1[18F]. The summed E-state index contributed by atoms with van der Waals surface area (Å²) in [5.74, 6) is -2.66. The lowest BCUT2D eigenvalue weighted by atomic mass is 10.1.